The lowest BCUT2D eigenvalue weighted by Gasteiger charge is -2.17. The van der Waals surface area contributed by atoms with Crippen LogP contribution in [0.2, 0.25) is 0 Å². The van der Waals surface area contributed by atoms with Crippen LogP contribution in [-0.4, -0.2) is 31.2 Å². The molecule has 1 heterocycles. The number of methoxy groups -OCH3 is 1. The summed E-state index contributed by atoms with van der Waals surface area (Å²) < 4.78 is 18.4. The van der Waals surface area contributed by atoms with E-state index in [1.807, 2.05) is 30.5 Å². The molecule has 0 aliphatic heterocycles. The molecule has 26 heavy (non-hydrogen) atoms. The number of halogens is 1. The van der Waals surface area contributed by atoms with E-state index in [1.165, 1.54) is 12.1 Å². The highest BCUT2D eigenvalue weighted by atomic mass is 19.1. The minimum absolute atomic E-state index is 0.0271. The molecule has 0 fully saturated rings. The molecule has 2 aromatic carbocycles. The quantitative estimate of drug-likeness (QED) is 0.601. The smallest absolute Gasteiger partial charge is 0.220 e. The number of amides is 1. The van der Waals surface area contributed by atoms with Crippen molar-refractivity contribution in [2.45, 2.75) is 18.8 Å². The first kappa shape index (κ1) is 18.1. The Balaban J connectivity index is 1.85. The van der Waals surface area contributed by atoms with Crippen LogP contribution < -0.4 is 5.32 Å². The second-order valence-corrected chi connectivity index (χ2v) is 6.29. The fraction of sp³-hybridized carbons (Fsp3) is 0.286. The van der Waals surface area contributed by atoms with Gasteiger partial charge in [0.1, 0.15) is 5.82 Å². The van der Waals surface area contributed by atoms with Gasteiger partial charge in [0.25, 0.3) is 0 Å². The van der Waals surface area contributed by atoms with Crippen molar-refractivity contribution in [1.82, 2.24) is 10.3 Å². The maximum atomic E-state index is 13.3. The van der Waals surface area contributed by atoms with E-state index in [4.69, 9.17) is 4.74 Å². The second-order valence-electron chi connectivity index (χ2n) is 6.29. The number of hydrogen-bond donors (Lipinski definition) is 2. The molecule has 3 rings (SSSR count). The molecule has 0 aliphatic rings. The third-order valence-corrected chi connectivity index (χ3v) is 4.51. The molecule has 0 saturated carbocycles. The molecule has 1 unspecified atom stereocenters. The molecule has 0 bridgehead atoms. The number of benzene rings is 2. The molecule has 0 spiro atoms. The fourth-order valence-electron chi connectivity index (χ4n) is 3.19. The number of nitrogens with one attached hydrogen (secondary N) is 2. The summed E-state index contributed by atoms with van der Waals surface area (Å²) in [7, 11) is 1.64. The van der Waals surface area contributed by atoms with Crippen LogP contribution in [0.5, 0.6) is 0 Å². The van der Waals surface area contributed by atoms with E-state index < -0.39 is 0 Å². The first-order valence-electron chi connectivity index (χ1n) is 8.76. The Morgan fingerprint density at radius 3 is 2.73 bits per heavy atom. The van der Waals surface area contributed by atoms with E-state index in [1.54, 1.807) is 19.2 Å². The predicted octanol–water partition coefficient (Wildman–Crippen LogP) is 3.98. The maximum absolute atomic E-state index is 13.3. The number of aromatic nitrogens is 1. The third-order valence-electron chi connectivity index (χ3n) is 4.51. The molecule has 0 aliphatic carbocycles. The number of rotatable bonds is 8. The highest BCUT2D eigenvalue weighted by Gasteiger charge is 2.21. The summed E-state index contributed by atoms with van der Waals surface area (Å²) >= 11 is 0. The van der Waals surface area contributed by atoms with Gasteiger partial charge in [-0.25, -0.2) is 4.39 Å². The molecule has 1 amide bonds. The third kappa shape index (κ3) is 4.29. The molecule has 5 heteroatoms. The van der Waals surface area contributed by atoms with Crippen LogP contribution in [0.15, 0.2) is 54.7 Å². The number of fused-ring (bicyclic) bond motifs is 1. The fourth-order valence-corrected chi connectivity index (χ4v) is 3.19. The lowest BCUT2D eigenvalue weighted by Crippen LogP contribution is -2.27. The summed E-state index contributed by atoms with van der Waals surface area (Å²) in [6.07, 6.45) is 3.02. The van der Waals surface area contributed by atoms with Gasteiger partial charge in [0.2, 0.25) is 5.91 Å². The lowest BCUT2D eigenvalue weighted by atomic mass is 9.88. The summed E-state index contributed by atoms with van der Waals surface area (Å²) in [5, 5.41) is 4.01. The lowest BCUT2D eigenvalue weighted by molar-refractivity contribution is -0.121. The molecule has 2 N–H and O–H groups in total. The minimum Gasteiger partial charge on any atom is -0.385 e. The van der Waals surface area contributed by atoms with Gasteiger partial charge in [-0.2, -0.15) is 0 Å². The van der Waals surface area contributed by atoms with Crippen molar-refractivity contribution in [1.29, 1.82) is 0 Å². The summed E-state index contributed by atoms with van der Waals surface area (Å²) in [5.41, 5.74) is 2.98. The van der Waals surface area contributed by atoms with Crippen LogP contribution in [0.25, 0.3) is 10.9 Å². The number of carbonyl (C=O) groups excluding carboxylic acids is 1. The van der Waals surface area contributed by atoms with E-state index in [9.17, 15) is 9.18 Å². The number of hydrogen-bond acceptors (Lipinski definition) is 2. The second kappa shape index (κ2) is 8.63. The number of ether oxygens (including phenoxy) is 1. The Morgan fingerprint density at radius 2 is 1.96 bits per heavy atom. The summed E-state index contributed by atoms with van der Waals surface area (Å²) in [6, 6.07) is 14.4. The van der Waals surface area contributed by atoms with E-state index in [0.717, 1.165) is 28.5 Å². The van der Waals surface area contributed by atoms with Crippen molar-refractivity contribution < 1.29 is 13.9 Å². The Labute approximate surface area is 152 Å². The maximum Gasteiger partial charge on any atom is 0.220 e. The van der Waals surface area contributed by atoms with Crippen LogP contribution >= 0.6 is 0 Å². The molecule has 3 aromatic rings. The number of carbonyl (C=O) groups is 1. The van der Waals surface area contributed by atoms with Gasteiger partial charge in [-0.1, -0.05) is 30.3 Å². The van der Waals surface area contributed by atoms with Gasteiger partial charge in [-0.15, -0.1) is 0 Å². The van der Waals surface area contributed by atoms with Gasteiger partial charge < -0.3 is 15.0 Å². The largest absolute Gasteiger partial charge is 0.385 e. The normalized spacial score (nSPS) is 12.2. The van der Waals surface area contributed by atoms with E-state index in [2.05, 4.69) is 10.3 Å². The average Bonchev–Trinajstić information content (AvgIpc) is 3.08. The molecule has 0 radical (unpaired) electrons. The van der Waals surface area contributed by atoms with Crippen molar-refractivity contribution in [2.75, 3.05) is 20.3 Å². The van der Waals surface area contributed by atoms with Crippen LogP contribution in [0, 0.1) is 5.82 Å². The zero-order chi connectivity index (χ0) is 18.4. The molecule has 1 atom stereocenters. The summed E-state index contributed by atoms with van der Waals surface area (Å²) in [5.74, 6) is -0.453. The van der Waals surface area contributed by atoms with Crippen molar-refractivity contribution in [3.8, 4) is 0 Å². The number of aromatic amines is 1. The van der Waals surface area contributed by atoms with E-state index in [0.29, 0.717) is 19.6 Å². The van der Waals surface area contributed by atoms with Crippen LogP contribution in [0.3, 0.4) is 0 Å². The van der Waals surface area contributed by atoms with Gasteiger partial charge in [0, 0.05) is 49.7 Å². The minimum atomic E-state index is -0.282. The SMILES string of the molecule is COCCCNC(=O)CC(c1ccc(F)cc1)c1c[nH]c2ccccc12. The molecule has 1 aromatic heterocycles. The zero-order valence-electron chi connectivity index (χ0n) is 14.8. The summed E-state index contributed by atoms with van der Waals surface area (Å²) in [6.45, 7) is 1.20. The highest BCUT2D eigenvalue weighted by Crippen LogP contribution is 2.33. The summed E-state index contributed by atoms with van der Waals surface area (Å²) in [4.78, 5) is 15.7. The molecule has 4 nitrogen and oxygen atoms in total. The first-order valence-corrected chi connectivity index (χ1v) is 8.76. The van der Waals surface area contributed by atoms with Crippen LogP contribution in [0.4, 0.5) is 4.39 Å². The average molecular weight is 354 g/mol. The van der Waals surface area contributed by atoms with Crippen molar-refractivity contribution in [3.63, 3.8) is 0 Å². The van der Waals surface area contributed by atoms with Gasteiger partial charge in [-0.3, -0.25) is 4.79 Å². The first-order chi connectivity index (χ1) is 12.7. The van der Waals surface area contributed by atoms with Crippen molar-refractivity contribution in [2.24, 2.45) is 0 Å². The monoisotopic (exact) mass is 354 g/mol. The molecule has 0 saturated heterocycles. The van der Waals surface area contributed by atoms with Gasteiger partial charge in [0.15, 0.2) is 0 Å². The molecular weight excluding hydrogens is 331 g/mol. The Hall–Kier alpha value is -2.66. The van der Waals surface area contributed by atoms with Crippen LogP contribution in [-0.2, 0) is 9.53 Å². The Bertz CT molecular complexity index is 858. The van der Waals surface area contributed by atoms with Crippen LogP contribution in [0.1, 0.15) is 29.9 Å². The topological polar surface area (TPSA) is 54.1 Å². The van der Waals surface area contributed by atoms with E-state index >= 15 is 0 Å². The number of para-hydroxylation sites is 1. The molecular formula is C21H23FN2O2. The Morgan fingerprint density at radius 1 is 1.19 bits per heavy atom. The van der Waals surface area contributed by atoms with Gasteiger partial charge >= 0.3 is 0 Å². The standard InChI is InChI=1S/C21H23FN2O2/c1-26-12-4-11-23-21(25)13-18(15-7-9-16(22)10-8-15)19-14-24-20-6-3-2-5-17(19)20/h2-3,5-10,14,18,24H,4,11-13H2,1H3,(H,23,25). The Kier molecular flexibility index (Phi) is 6.02. The number of H-pyrrole nitrogens is 1. The van der Waals surface area contributed by atoms with Crippen molar-refractivity contribution in [3.05, 3.63) is 71.7 Å². The molecule has 136 valence electrons. The van der Waals surface area contributed by atoms with E-state index in [-0.39, 0.29) is 17.6 Å². The van der Waals surface area contributed by atoms with Gasteiger partial charge in [-0.05, 0) is 35.7 Å². The highest BCUT2D eigenvalue weighted by molar-refractivity contribution is 5.86. The predicted molar refractivity (Wildman–Crippen MR) is 101 cm³/mol. The van der Waals surface area contributed by atoms with Crippen molar-refractivity contribution >= 4 is 16.8 Å². The zero-order valence-corrected chi connectivity index (χ0v) is 14.8. The van der Waals surface area contributed by atoms with Gasteiger partial charge in [0.05, 0.1) is 0 Å².